The van der Waals surface area contributed by atoms with Crippen molar-refractivity contribution in [2.75, 3.05) is 19.6 Å². The number of piperidine rings is 1. The highest BCUT2D eigenvalue weighted by Crippen LogP contribution is 2.04. The lowest BCUT2D eigenvalue weighted by Gasteiger charge is -2.23. The van der Waals surface area contributed by atoms with Crippen LogP contribution in [0, 0.1) is 5.92 Å². The minimum absolute atomic E-state index is 0.148. The molecule has 1 aliphatic heterocycles. The molecule has 4 N–H and O–H groups in total. The predicted molar refractivity (Wildman–Crippen MR) is 68.5 cm³/mol. The topological polar surface area (TPSA) is 90.5 Å². The molecule has 0 saturated carbocycles. The van der Waals surface area contributed by atoms with Crippen LogP contribution < -0.4 is 16.0 Å². The Bertz CT molecular complexity index is 278. The SMILES string of the molecule is CC(CCCNC(=O)NC1CCNCC1)C(=O)O. The molecule has 1 rings (SSSR count). The molecule has 0 aliphatic carbocycles. The Morgan fingerprint density at radius 2 is 2.06 bits per heavy atom. The fourth-order valence-electron chi connectivity index (χ4n) is 1.94. The van der Waals surface area contributed by atoms with E-state index in [2.05, 4.69) is 16.0 Å². The molecule has 0 radical (unpaired) electrons. The summed E-state index contributed by atoms with van der Waals surface area (Å²) in [6.07, 6.45) is 3.20. The van der Waals surface area contributed by atoms with Gasteiger partial charge >= 0.3 is 12.0 Å². The zero-order valence-corrected chi connectivity index (χ0v) is 10.9. The normalized spacial score (nSPS) is 18.1. The van der Waals surface area contributed by atoms with Crippen LogP contribution in [0.2, 0.25) is 0 Å². The molecule has 0 bridgehead atoms. The summed E-state index contributed by atoms with van der Waals surface area (Å²) in [4.78, 5) is 22.1. The second-order valence-corrected chi connectivity index (χ2v) is 4.81. The van der Waals surface area contributed by atoms with Gasteiger partial charge in [0.25, 0.3) is 0 Å². The molecule has 1 saturated heterocycles. The number of carbonyl (C=O) groups excluding carboxylic acids is 1. The molecule has 1 fully saturated rings. The van der Waals surface area contributed by atoms with Crippen molar-refractivity contribution in [1.29, 1.82) is 0 Å². The second kappa shape index (κ2) is 7.92. The lowest BCUT2D eigenvalue weighted by Crippen LogP contribution is -2.46. The zero-order chi connectivity index (χ0) is 13.4. The third-order valence-electron chi connectivity index (χ3n) is 3.20. The summed E-state index contributed by atoms with van der Waals surface area (Å²) in [5, 5.41) is 17.6. The van der Waals surface area contributed by atoms with Crippen LogP contribution in [-0.2, 0) is 4.79 Å². The number of carboxylic acids is 1. The van der Waals surface area contributed by atoms with Crippen LogP contribution in [0.4, 0.5) is 4.79 Å². The Hall–Kier alpha value is -1.30. The fraction of sp³-hybridized carbons (Fsp3) is 0.833. The number of urea groups is 1. The molecule has 6 nitrogen and oxygen atoms in total. The number of carbonyl (C=O) groups is 2. The summed E-state index contributed by atoms with van der Waals surface area (Å²) >= 11 is 0. The van der Waals surface area contributed by atoms with Crippen molar-refractivity contribution in [3.63, 3.8) is 0 Å². The summed E-state index contributed by atoms with van der Waals surface area (Å²) in [5.41, 5.74) is 0. The Balaban J connectivity index is 2.04. The quantitative estimate of drug-likeness (QED) is 0.523. The van der Waals surface area contributed by atoms with Crippen LogP contribution in [0.25, 0.3) is 0 Å². The van der Waals surface area contributed by atoms with Gasteiger partial charge in [0.15, 0.2) is 0 Å². The van der Waals surface area contributed by atoms with Crippen LogP contribution in [0.5, 0.6) is 0 Å². The van der Waals surface area contributed by atoms with E-state index in [1.54, 1.807) is 6.92 Å². The molecule has 1 heterocycles. The number of hydrogen-bond acceptors (Lipinski definition) is 3. The van der Waals surface area contributed by atoms with Crippen molar-refractivity contribution in [1.82, 2.24) is 16.0 Å². The minimum Gasteiger partial charge on any atom is -0.481 e. The van der Waals surface area contributed by atoms with E-state index >= 15 is 0 Å². The summed E-state index contributed by atoms with van der Waals surface area (Å²) in [5.74, 6) is -1.13. The van der Waals surface area contributed by atoms with Gasteiger partial charge in [0.05, 0.1) is 5.92 Å². The first kappa shape index (κ1) is 14.8. The Morgan fingerprint density at radius 3 is 2.67 bits per heavy atom. The van der Waals surface area contributed by atoms with Crippen molar-refractivity contribution < 1.29 is 14.7 Å². The van der Waals surface area contributed by atoms with Crippen molar-refractivity contribution in [2.24, 2.45) is 5.92 Å². The van der Waals surface area contributed by atoms with Crippen molar-refractivity contribution in [3.8, 4) is 0 Å². The van der Waals surface area contributed by atoms with Gasteiger partial charge < -0.3 is 21.1 Å². The van der Waals surface area contributed by atoms with Crippen LogP contribution in [0.1, 0.15) is 32.6 Å². The number of carboxylic acid groups (broad SMARTS) is 1. The molecule has 1 unspecified atom stereocenters. The summed E-state index contributed by atoms with van der Waals surface area (Å²) < 4.78 is 0. The predicted octanol–water partition coefficient (Wildman–Crippen LogP) is 0.539. The van der Waals surface area contributed by atoms with Gasteiger partial charge in [-0.1, -0.05) is 6.92 Å². The maximum Gasteiger partial charge on any atom is 0.315 e. The van der Waals surface area contributed by atoms with E-state index < -0.39 is 5.97 Å². The first-order chi connectivity index (χ1) is 8.59. The third-order valence-corrected chi connectivity index (χ3v) is 3.20. The molecule has 0 aromatic carbocycles. The summed E-state index contributed by atoms with van der Waals surface area (Å²) in [7, 11) is 0. The molecule has 1 atom stereocenters. The van der Waals surface area contributed by atoms with E-state index in [-0.39, 0.29) is 18.0 Å². The van der Waals surface area contributed by atoms with E-state index in [4.69, 9.17) is 5.11 Å². The average molecular weight is 257 g/mol. The number of rotatable bonds is 6. The summed E-state index contributed by atoms with van der Waals surface area (Å²) in [6, 6.07) is 0.106. The van der Waals surface area contributed by atoms with Gasteiger partial charge in [-0.05, 0) is 38.8 Å². The van der Waals surface area contributed by atoms with E-state index in [1.165, 1.54) is 0 Å². The van der Waals surface area contributed by atoms with E-state index in [0.717, 1.165) is 25.9 Å². The van der Waals surface area contributed by atoms with Crippen LogP contribution in [0.15, 0.2) is 0 Å². The Labute approximate surface area is 108 Å². The first-order valence-electron chi connectivity index (χ1n) is 6.57. The lowest BCUT2D eigenvalue weighted by atomic mass is 10.1. The molecule has 0 spiro atoms. The number of nitrogens with one attached hydrogen (secondary N) is 3. The molecule has 0 aromatic heterocycles. The molecule has 18 heavy (non-hydrogen) atoms. The van der Waals surface area contributed by atoms with Crippen molar-refractivity contribution in [3.05, 3.63) is 0 Å². The van der Waals surface area contributed by atoms with Gasteiger partial charge in [-0.25, -0.2) is 4.79 Å². The van der Waals surface area contributed by atoms with Crippen LogP contribution in [0.3, 0.4) is 0 Å². The molecule has 2 amide bonds. The van der Waals surface area contributed by atoms with Gasteiger partial charge in [0, 0.05) is 12.6 Å². The molecular weight excluding hydrogens is 234 g/mol. The van der Waals surface area contributed by atoms with Gasteiger partial charge in [-0.2, -0.15) is 0 Å². The maximum atomic E-state index is 11.5. The summed E-state index contributed by atoms with van der Waals surface area (Å²) in [6.45, 7) is 4.09. The number of hydrogen-bond donors (Lipinski definition) is 4. The van der Waals surface area contributed by atoms with Crippen LogP contribution >= 0.6 is 0 Å². The monoisotopic (exact) mass is 257 g/mol. The van der Waals surface area contributed by atoms with Gasteiger partial charge in [0.1, 0.15) is 0 Å². The smallest absolute Gasteiger partial charge is 0.315 e. The molecule has 104 valence electrons. The van der Waals surface area contributed by atoms with Gasteiger partial charge in [-0.15, -0.1) is 0 Å². The van der Waals surface area contributed by atoms with Crippen LogP contribution in [-0.4, -0.2) is 42.8 Å². The third kappa shape index (κ3) is 5.86. The fourth-order valence-corrected chi connectivity index (χ4v) is 1.94. The van der Waals surface area contributed by atoms with Gasteiger partial charge in [-0.3, -0.25) is 4.79 Å². The zero-order valence-electron chi connectivity index (χ0n) is 10.9. The Kier molecular flexibility index (Phi) is 6.49. The lowest BCUT2D eigenvalue weighted by molar-refractivity contribution is -0.141. The van der Waals surface area contributed by atoms with E-state index in [9.17, 15) is 9.59 Å². The minimum atomic E-state index is -0.783. The molecular formula is C12H23N3O3. The van der Waals surface area contributed by atoms with E-state index in [0.29, 0.717) is 19.4 Å². The first-order valence-corrected chi connectivity index (χ1v) is 6.57. The highest BCUT2D eigenvalue weighted by atomic mass is 16.4. The maximum absolute atomic E-state index is 11.5. The molecule has 6 heteroatoms. The number of aliphatic carboxylic acids is 1. The van der Waals surface area contributed by atoms with Crippen molar-refractivity contribution >= 4 is 12.0 Å². The Morgan fingerprint density at radius 1 is 1.39 bits per heavy atom. The molecule has 1 aliphatic rings. The standard InChI is InChI=1S/C12H23N3O3/c1-9(11(16)17)3-2-6-14-12(18)15-10-4-7-13-8-5-10/h9-10,13H,2-8H2,1H3,(H,16,17)(H2,14,15,18). The average Bonchev–Trinajstić information content (AvgIpc) is 2.35. The van der Waals surface area contributed by atoms with Gasteiger partial charge in [0.2, 0.25) is 0 Å². The highest BCUT2D eigenvalue weighted by molar-refractivity contribution is 5.74. The largest absolute Gasteiger partial charge is 0.481 e. The molecule has 0 aromatic rings. The second-order valence-electron chi connectivity index (χ2n) is 4.81. The highest BCUT2D eigenvalue weighted by Gasteiger charge is 2.15. The van der Waals surface area contributed by atoms with Crippen molar-refractivity contribution in [2.45, 2.75) is 38.6 Å². The number of amides is 2. The van der Waals surface area contributed by atoms with E-state index in [1.807, 2.05) is 0 Å².